The van der Waals surface area contributed by atoms with Crippen molar-refractivity contribution in [1.29, 1.82) is 0 Å². The Hall–Kier alpha value is -0.940. The molecule has 0 saturated heterocycles. The number of nitrogens with one attached hydrogen (secondary N) is 1. The Bertz CT molecular complexity index is 359. The lowest BCUT2D eigenvalue weighted by molar-refractivity contribution is -0.123. The first-order valence-corrected chi connectivity index (χ1v) is 8.50. The molecule has 0 atom stereocenters. The highest BCUT2D eigenvalue weighted by atomic mass is 16.5. The van der Waals surface area contributed by atoms with Crippen LogP contribution in [-0.2, 0) is 19.1 Å². The van der Waals surface area contributed by atoms with Crippen LogP contribution >= 0.6 is 0 Å². The zero-order valence-corrected chi connectivity index (χ0v) is 15.8. The molecule has 23 heavy (non-hydrogen) atoms. The molecule has 1 N–H and O–H groups in total. The third-order valence-corrected chi connectivity index (χ3v) is 3.47. The molecule has 0 unspecified atom stereocenters. The molecule has 0 aliphatic rings. The summed E-state index contributed by atoms with van der Waals surface area (Å²) in [5.74, 6) is 0.121. The lowest BCUT2D eigenvalue weighted by atomic mass is 9.93. The van der Waals surface area contributed by atoms with Crippen LogP contribution in [0.1, 0.15) is 67.2 Å². The van der Waals surface area contributed by atoms with Gasteiger partial charge in [0, 0.05) is 26.0 Å². The molecule has 0 aliphatic heterocycles. The molecule has 0 bridgehead atoms. The standard InChI is InChI=1S/C18H35NO4/c1-15(20)8-12-22-14-11-19-16(21)7-9-18(5,6)23-13-10-17(2,3)4/h7-14H2,1-6H3,(H,19,21). The van der Waals surface area contributed by atoms with Gasteiger partial charge in [0.15, 0.2) is 0 Å². The van der Waals surface area contributed by atoms with Gasteiger partial charge in [0.25, 0.3) is 0 Å². The van der Waals surface area contributed by atoms with E-state index in [1.165, 1.54) is 6.92 Å². The van der Waals surface area contributed by atoms with Crippen molar-refractivity contribution in [3.8, 4) is 0 Å². The van der Waals surface area contributed by atoms with Crippen LogP contribution in [0.2, 0.25) is 0 Å². The first kappa shape index (κ1) is 22.1. The maximum Gasteiger partial charge on any atom is 0.220 e. The molecule has 5 nitrogen and oxygen atoms in total. The quantitative estimate of drug-likeness (QED) is 0.559. The third kappa shape index (κ3) is 15.7. The monoisotopic (exact) mass is 329 g/mol. The summed E-state index contributed by atoms with van der Waals surface area (Å²) in [5.41, 5.74) is -0.0313. The number of ether oxygens (including phenoxy) is 2. The van der Waals surface area contributed by atoms with Crippen LogP contribution in [0.5, 0.6) is 0 Å². The van der Waals surface area contributed by atoms with E-state index in [4.69, 9.17) is 9.47 Å². The van der Waals surface area contributed by atoms with Crippen LogP contribution in [-0.4, -0.2) is 43.7 Å². The first-order valence-electron chi connectivity index (χ1n) is 8.50. The smallest absolute Gasteiger partial charge is 0.220 e. The number of carbonyl (C=O) groups excluding carboxylic acids is 2. The predicted octanol–water partition coefficient (Wildman–Crippen LogP) is 3.11. The molecule has 0 heterocycles. The Morgan fingerprint density at radius 3 is 2.13 bits per heavy atom. The summed E-state index contributed by atoms with van der Waals surface area (Å²) in [5, 5.41) is 2.82. The average molecular weight is 329 g/mol. The van der Waals surface area contributed by atoms with Gasteiger partial charge < -0.3 is 14.8 Å². The fraction of sp³-hybridized carbons (Fsp3) is 0.889. The molecule has 0 radical (unpaired) electrons. The Balaban J connectivity index is 3.71. The molecule has 0 rings (SSSR count). The van der Waals surface area contributed by atoms with E-state index in [1.54, 1.807) is 0 Å². The Morgan fingerprint density at radius 2 is 1.57 bits per heavy atom. The largest absolute Gasteiger partial charge is 0.379 e. The highest BCUT2D eigenvalue weighted by molar-refractivity contribution is 5.76. The van der Waals surface area contributed by atoms with E-state index in [0.717, 1.165) is 6.42 Å². The van der Waals surface area contributed by atoms with Crippen molar-refractivity contribution in [2.45, 2.75) is 72.8 Å². The highest BCUT2D eigenvalue weighted by Crippen LogP contribution is 2.22. The minimum absolute atomic E-state index is 0.00710. The zero-order valence-electron chi connectivity index (χ0n) is 15.8. The molecule has 5 heteroatoms. The van der Waals surface area contributed by atoms with Crippen LogP contribution in [0.3, 0.4) is 0 Å². The van der Waals surface area contributed by atoms with E-state index < -0.39 is 0 Å². The zero-order chi connectivity index (χ0) is 17.9. The summed E-state index contributed by atoms with van der Waals surface area (Å²) < 4.78 is 11.2. The molecule has 0 aromatic carbocycles. The van der Waals surface area contributed by atoms with Gasteiger partial charge >= 0.3 is 0 Å². The van der Waals surface area contributed by atoms with Gasteiger partial charge in [0.05, 0.1) is 18.8 Å². The summed E-state index contributed by atoms with van der Waals surface area (Å²) in [4.78, 5) is 22.5. The maximum atomic E-state index is 11.8. The van der Waals surface area contributed by atoms with Crippen LogP contribution in [0.4, 0.5) is 0 Å². The Morgan fingerprint density at radius 1 is 0.913 bits per heavy atom. The van der Waals surface area contributed by atoms with Gasteiger partial charge in [0.2, 0.25) is 5.91 Å². The molecular weight excluding hydrogens is 294 g/mol. The number of hydrogen-bond donors (Lipinski definition) is 1. The fourth-order valence-corrected chi connectivity index (χ4v) is 1.79. The summed E-state index contributed by atoms with van der Waals surface area (Å²) in [6, 6.07) is 0. The average Bonchev–Trinajstić information content (AvgIpc) is 2.38. The second-order valence-electron chi connectivity index (χ2n) is 7.83. The van der Waals surface area contributed by atoms with E-state index in [9.17, 15) is 9.59 Å². The first-order chi connectivity index (χ1) is 10.5. The number of carbonyl (C=O) groups is 2. The van der Waals surface area contributed by atoms with Gasteiger partial charge in [-0.15, -0.1) is 0 Å². The molecule has 0 fully saturated rings. The fourth-order valence-electron chi connectivity index (χ4n) is 1.79. The molecule has 136 valence electrons. The van der Waals surface area contributed by atoms with Crippen molar-refractivity contribution in [3.63, 3.8) is 0 Å². The van der Waals surface area contributed by atoms with Gasteiger partial charge in [0.1, 0.15) is 5.78 Å². The van der Waals surface area contributed by atoms with Gasteiger partial charge in [-0.3, -0.25) is 9.59 Å². The molecule has 1 amide bonds. The Labute approximate surface area is 141 Å². The van der Waals surface area contributed by atoms with Crippen molar-refractivity contribution in [1.82, 2.24) is 5.32 Å². The van der Waals surface area contributed by atoms with Crippen LogP contribution in [0, 0.1) is 5.41 Å². The molecule has 0 aromatic heterocycles. The normalized spacial score (nSPS) is 12.3. The van der Waals surface area contributed by atoms with E-state index in [1.807, 2.05) is 13.8 Å². The third-order valence-electron chi connectivity index (χ3n) is 3.47. The summed E-state index contributed by atoms with van der Waals surface area (Å²) >= 11 is 0. The number of Topliss-reactive ketones (excluding diaryl/α,β-unsaturated/α-hetero) is 1. The van der Waals surface area contributed by atoms with E-state index >= 15 is 0 Å². The number of amides is 1. The van der Waals surface area contributed by atoms with Gasteiger partial charge in [-0.1, -0.05) is 20.8 Å². The van der Waals surface area contributed by atoms with Gasteiger partial charge in [-0.05, 0) is 39.0 Å². The van der Waals surface area contributed by atoms with Crippen LogP contribution in [0.25, 0.3) is 0 Å². The second kappa shape index (κ2) is 10.8. The van der Waals surface area contributed by atoms with Crippen molar-refractivity contribution in [3.05, 3.63) is 0 Å². The number of ketones is 1. The Kier molecular flexibility index (Phi) is 10.3. The molecule has 0 aromatic rings. The molecular formula is C18H35NO4. The van der Waals surface area contributed by atoms with Crippen molar-refractivity contribution >= 4 is 11.7 Å². The lowest BCUT2D eigenvalue weighted by Gasteiger charge is -2.27. The maximum absolute atomic E-state index is 11.8. The minimum Gasteiger partial charge on any atom is -0.379 e. The molecule has 0 spiro atoms. The number of rotatable bonds is 12. The summed E-state index contributed by atoms with van der Waals surface area (Å²) in [7, 11) is 0. The lowest BCUT2D eigenvalue weighted by Crippen LogP contribution is -2.32. The number of hydrogen-bond acceptors (Lipinski definition) is 4. The molecule has 0 saturated carbocycles. The SMILES string of the molecule is CC(=O)CCOCCNC(=O)CCC(C)(C)OCCC(C)(C)C. The summed E-state index contributed by atoms with van der Waals surface area (Å²) in [6.45, 7) is 14.2. The molecule has 0 aliphatic carbocycles. The topological polar surface area (TPSA) is 64.6 Å². The van der Waals surface area contributed by atoms with Gasteiger partial charge in [-0.25, -0.2) is 0 Å². The van der Waals surface area contributed by atoms with Crippen LogP contribution in [0.15, 0.2) is 0 Å². The second-order valence-corrected chi connectivity index (χ2v) is 7.83. The van der Waals surface area contributed by atoms with Crippen molar-refractivity contribution < 1.29 is 19.1 Å². The van der Waals surface area contributed by atoms with Crippen molar-refractivity contribution in [2.75, 3.05) is 26.4 Å². The van der Waals surface area contributed by atoms with E-state index in [-0.39, 0.29) is 22.7 Å². The van der Waals surface area contributed by atoms with E-state index in [0.29, 0.717) is 45.6 Å². The van der Waals surface area contributed by atoms with Gasteiger partial charge in [-0.2, -0.15) is 0 Å². The highest BCUT2D eigenvalue weighted by Gasteiger charge is 2.21. The predicted molar refractivity (Wildman–Crippen MR) is 92.5 cm³/mol. The van der Waals surface area contributed by atoms with E-state index in [2.05, 4.69) is 26.1 Å². The van der Waals surface area contributed by atoms with Crippen LogP contribution < -0.4 is 5.32 Å². The van der Waals surface area contributed by atoms with Crippen molar-refractivity contribution in [2.24, 2.45) is 5.41 Å². The minimum atomic E-state index is -0.291. The summed E-state index contributed by atoms with van der Waals surface area (Å²) in [6.07, 6.45) is 2.55.